The zero-order valence-corrected chi connectivity index (χ0v) is 19.8. The number of aromatic nitrogens is 2. The number of rotatable bonds is 7. The maximum absolute atomic E-state index is 14.4. The Labute approximate surface area is 204 Å². The van der Waals surface area contributed by atoms with Crippen molar-refractivity contribution in [2.45, 2.75) is 25.9 Å². The van der Waals surface area contributed by atoms with Crippen LogP contribution in [0.5, 0.6) is 5.75 Å². The van der Waals surface area contributed by atoms with Gasteiger partial charge in [0.15, 0.2) is 0 Å². The molecule has 1 N–H and O–H groups in total. The van der Waals surface area contributed by atoms with E-state index in [0.717, 1.165) is 54.2 Å². The van der Waals surface area contributed by atoms with Crippen molar-refractivity contribution in [1.82, 2.24) is 14.9 Å². The van der Waals surface area contributed by atoms with Crippen LogP contribution in [0.3, 0.4) is 0 Å². The summed E-state index contributed by atoms with van der Waals surface area (Å²) in [6.07, 6.45) is 1.49. The van der Waals surface area contributed by atoms with Crippen molar-refractivity contribution in [3.63, 3.8) is 0 Å². The van der Waals surface area contributed by atoms with E-state index in [4.69, 9.17) is 9.72 Å². The molecular formula is C28H29FN4O2. The fourth-order valence-electron chi connectivity index (χ4n) is 4.71. The fraction of sp³-hybridized carbons (Fsp3) is 0.286. The highest BCUT2D eigenvalue weighted by atomic mass is 19.1. The molecule has 1 amide bonds. The molecule has 1 fully saturated rings. The number of nitrogens with one attached hydrogen (secondary N) is 1. The quantitative estimate of drug-likeness (QED) is 0.421. The summed E-state index contributed by atoms with van der Waals surface area (Å²) in [7, 11) is 1.64. The third-order valence-corrected chi connectivity index (χ3v) is 6.67. The molecule has 7 heteroatoms. The molecule has 0 saturated carbocycles. The third-order valence-electron chi connectivity index (χ3n) is 6.67. The first-order chi connectivity index (χ1) is 17.1. The van der Waals surface area contributed by atoms with Crippen molar-refractivity contribution in [2.24, 2.45) is 5.92 Å². The smallest absolute Gasteiger partial charge is 0.223 e. The lowest BCUT2D eigenvalue weighted by molar-refractivity contribution is -0.125. The Hall–Kier alpha value is -3.87. The van der Waals surface area contributed by atoms with E-state index in [1.54, 1.807) is 13.2 Å². The van der Waals surface area contributed by atoms with Crippen LogP contribution in [0.4, 0.5) is 10.3 Å². The van der Waals surface area contributed by atoms with Crippen LogP contribution in [-0.2, 0) is 17.9 Å². The highest BCUT2D eigenvalue weighted by molar-refractivity contribution is 5.80. The van der Waals surface area contributed by atoms with Gasteiger partial charge in [-0.25, -0.2) is 9.37 Å². The molecule has 0 spiro atoms. The summed E-state index contributed by atoms with van der Waals surface area (Å²) in [5.74, 6) is 1.42. The van der Waals surface area contributed by atoms with E-state index in [1.807, 2.05) is 60.7 Å². The normalized spacial score (nSPS) is 14.3. The predicted molar refractivity (Wildman–Crippen MR) is 135 cm³/mol. The minimum Gasteiger partial charge on any atom is -0.497 e. The summed E-state index contributed by atoms with van der Waals surface area (Å²) in [5, 5.41) is 3.07. The van der Waals surface area contributed by atoms with Gasteiger partial charge < -0.3 is 19.5 Å². The number of amides is 1. The molecule has 3 aromatic carbocycles. The van der Waals surface area contributed by atoms with E-state index >= 15 is 0 Å². The molecule has 1 aromatic heterocycles. The molecule has 6 nitrogen and oxygen atoms in total. The number of carbonyl (C=O) groups excluding carboxylic acids is 1. The SMILES string of the molecule is COc1cccc(CNC(=O)C2CCN(c3nc4ccccc4n3Cc3ccccc3F)CC2)c1. The van der Waals surface area contributed by atoms with Crippen molar-refractivity contribution in [1.29, 1.82) is 0 Å². The summed E-state index contributed by atoms with van der Waals surface area (Å²) in [4.78, 5) is 19.9. The molecule has 180 valence electrons. The van der Waals surface area contributed by atoms with Gasteiger partial charge in [0.25, 0.3) is 0 Å². The molecule has 0 atom stereocenters. The number of halogens is 1. The largest absolute Gasteiger partial charge is 0.497 e. The van der Waals surface area contributed by atoms with Gasteiger partial charge in [0, 0.05) is 31.1 Å². The third kappa shape index (κ3) is 4.99. The fourth-order valence-corrected chi connectivity index (χ4v) is 4.71. The van der Waals surface area contributed by atoms with Gasteiger partial charge in [0.1, 0.15) is 11.6 Å². The standard InChI is InChI=1S/C28H29FN4O2/c1-35-23-9-6-7-20(17-23)18-30-27(34)21-13-15-32(16-14-21)28-31-25-11-4-5-12-26(25)33(28)19-22-8-2-3-10-24(22)29/h2-12,17,21H,13-16,18-19H2,1H3,(H,30,34). The molecule has 1 aliphatic heterocycles. The average molecular weight is 473 g/mol. The van der Waals surface area contributed by atoms with Crippen LogP contribution in [0, 0.1) is 11.7 Å². The van der Waals surface area contributed by atoms with E-state index in [9.17, 15) is 9.18 Å². The Kier molecular flexibility index (Phi) is 6.66. The van der Waals surface area contributed by atoms with Gasteiger partial charge >= 0.3 is 0 Å². The van der Waals surface area contributed by atoms with Crippen LogP contribution in [-0.4, -0.2) is 35.7 Å². The van der Waals surface area contributed by atoms with E-state index in [1.165, 1.54) is 6.07 Å². The Bertz CT molecular complexity index is 1330. The van der Waals surface area contributed by atoms with Gasteiger partial charge in [0.2, 0.25) is 11.9 Å². The number of ether oxygens (including phenoxy) is 1. The van der Waals surface area contributed by atoms with Crippen LogP contribution in [0.2, 0.25) is 0 Å². The van der Waals surface area contributed by atoms with Gasteiger partial charge in [-0.1, -0.05) is 42.5 Å². The lowest BCUT2D eigenvalue weighted by Gasteiger charge is -2.32. The van der Waals surface area contributed by atoms with Crippen LogP contribution in [0.1, 0.15) is 24.0 Å². The molecule has 2 heterocycles. The number of para-hydroxylation sites is 2. The number of methoxy groups -OCH3 is 1. The van der Waals surface area contributed by atoms with Gasteiger partial charge in [-0.2, -0.15) is 0 Å². The number of hydrogen-bond acceptors (Lipinski definition) is 4. The summed E-state index contributed by atoms with van der Waals surface area (Å²) in [5.41, 5.74) is 3.50. The van der Waals surface area contributed by atoms with Crippen LogP contribution in [0.25, 0.3) is 11.0 Å². The molecule has 35 heavy (non-hydrogen) atoms. The predicted octanol–water partition coefficient (Wildman–Crippen LogP) is 4.77. The summed E-state index contributed by atoms with van der Waals surface area (Å²) in [6.45, 7) is 2.33. The monoisotopic (exact) mass is 472 g/mol. The van der Waals surface area contributed by atoms with E-state index in [-0.39, 0.29) is 17.6 Å². The topological polar surface area (TPSA) is 59.4 Å². The number of hydrogen-bond donors (Lipinski definition) is 1. The summed E-state index contributed by atoms with van der Waals surface area (Å²) >= 11 is 0. The number of carbonyl (C=O) groups is 1. The minimum absolute atomic E-state index is 0.0405. The number of piperidine rings is 1. The molecular weight excluding hydrogens is 443 g/mol. The first-order valence-corrected chi connectivity index (χ1v) is 12.0. The zero-order valence-electron chi connectivity index (χ0n) is 19.8. The maximum atomic E-state index is 14.4. The second-order valence-electron chi connectivity index (χ2n) is 8.91. The van der Waals surface area contributed by atoms with Crippen LogP contribution < -0.4 is 15.0 Å². The van der Waals surface area contributed by atoms with Gasteiger partial charge in [-0.3, -0.25) is 4.79 Å². The van der Waals surface area contributed by atoms with Crippen molar-refractivity contribution in [3.05, 3.63) is 89.7 Å². The Morgan fingerprint density at radius 1 is 1.06 bits per heavy atom. The molecule has 0 bridgehead atoms. The second-order valence-corrected chi connectivity index (χ2v) is 8.91. The van der Waals surface area contributed by atoms with Gasteiger partial charge in [0.05, 0.1) is 24.7 Å². The number of imidazole rings is 1. The Morgan fingerprint density at radius 3 is 2.63 bits per heavy atom. The summed E-state index contributed by atoms with van der Waals surface area (Å²) < 4.78 is 21.8. The van der Waals surface area contributed by atoms with Crippen molar-refractivity contribution < 1.29 is 13.9 Å². The average Bonchev–Trinajstić information content (AvgIpc) is 3.27. The van der Waals surface area contributed by atoms with Crippen molar-refractivity contribution in [3.8, 4) is 5.75 Å². The van der Waals surface area contributed by atoms with E-state index < -0.39 is 0 Å². The molecule has 5 rings (SSSR count). The second kappa shape index (κ2) is 10.2. The molecule has 1 saturated heterocycles. The van der Waals surface area contributed by atoms with Gasteiger partial charge in [-0.05, 0) is 48.7 Å². The molecule has 0 radical (unpaired) electrons. The Balaban J connectivity index is 1.27. The van der Waals surface area contributed by atoms with Crippen LogP contribution in [0.15, 0.2) is 72.8 Å². The number of nitrogens with zero attached hydrogens (tertiary/aromatic N) is 3. The first kappa shape index (κ1) is 22.9. The number of fused-ring (bicyclic) bond motifs is 1. The molecule has 4 aromatic rings. The van der Waals surface area contributed by atoms with E-state index in [0.29, 0.717) is 18.7 Å². The number of benzene rings is 3. The molecule has 0 unspecified atom stereocenters. The summed E-state index contributed by atoms with van der Waals surface area (Å²) in [6, 6.07) is 22.5. The minimum atomic E-state index is -0.220. The zero-order chi connectivity index (χ0) is 24.2. The highest BCUT2D eigenvalue weighted by Gasteiger charge is 2.28. The molecule has 1 aliphatic rings. The molecule has 0 aliphatic carbocycles. The van der Waals surface area contributed by atoms with Crippen molar-refractivity contribution in [2.75, 3.05) is 25.1 Å². The van der Waals surface area contributed by atoms with Gasteiger partial charge in [-0.15, -0.1) is 0 Å². The maximum Gasteiger partial charge on any atom is 0.223 e. The Morgan fingerprint density at radius 2 is 1.83 bits per heavy atom. The van der Waals surface area contributed by atoms with E-state index in [2.05, 4.69) is 14.8 Å². The van der Waals surface area contributed by atoms with Crippen LogP contribution >= 0.6 is 0 Å². The lowest BCUT2D eigenvalue weighted by atomic mass is 9.96. The first-order valence-electron chi connectivity index (χ1n) is 12.0. The number of anilines is 1. The van der Waals surface area contributed by atoms with Crippen molar-refractivity contribution >= 4 is 22.9 Å². The highest BCUT2D eigenvalue weighted by Crippen LogP contribution is 2.28. The lowest BCUT2D eigenvalue weighted by Crippen LogP contribution is -2.41.